The first kappa shape index (κ1) is 22.5. The summed E-state index contributed by atoms with van der Waals surface area (Å²) in [7, 11) is 0. The number of halogens is 2. The topological polar surface area (TPSA) is 59.4 Å². The van der Waals surface area contributed by atoms with Crippen molar-refractivity contribution in [2.45, 2.75) is 57.4 Å². The van der Waals surface area contributed by atoms with Gasteiger partial charge in [-0.05, 0) is 63.1 Å². The molecule has 1 saturated carbocycles. The summed E-state index contributed by atoms with van der Waals surface area (Å²) in [6, 6.07) is 6.15. The first-order valence-electron chi connectivity index (χ1n) is 11.1. The Morgan fingerprint density at radius 1 is 1.13 bits per heavy atom. The third-order valence-corrected chi connectivity index (χ3v) is 6.38. The Bertz CT molecular complexity index is 735. The Kier molecular flexibility index (Phi) is 8.44. The van der Waals surface area contributed by atoms with Crippen LogP contribution in [0.25, 0.3) is 0 Å². The lowest BCUT2D eigenvalue weighted by Gasteiger charge is -2.37. The van der Waals surface area contributed by atoms with Crippen LogP contribution in [-0.2, 0) is 4.79 Å². The van der Waals surface area contributed by atoms with E-state index in [1.807, 2.05) is 4.90 Å². The quantitative estimate of drug-likeness (QED) is 0.652. The van der Waals surface area contributed by atoms with Crippen LogP contribution in [0.1, 0.15) is 51.4 Å². The Morgan fingerprint density at radius 2 is 1.87 bits per heavy atom. The van der Waals surface area contributed by atoms with E-state index in [0.29, 0.717) is 30.9 Å². The van der Waals surface area contributed by atoms with Gasteiger partial charge in [-0.25, -0.2) is 8.78 Å². The zero-order valence-corrected chi connectivity index (χ0v) is 17.6. The number of rotatable bonds is 8. The van der Waals surface area contributed by atoms with E-state index < -0.39 is 11.6 Å². The highest BCUT2D eigenvalue weighted by Crippen LogP contribution is 2.28. The average molecular weight is 419 g/mol. The molecule has 1 aliphatic carbocycles. The number of carbonyl (C=O) groups excluding carboxylic acids is 1. The van der Waals surface area contributed by atoms with E-state index >= 15 is 0 Å². The Morgan fingerprint density at radius 3 is 2.53 bits per heavy atom. The minimum absolute atomic E-state index is 0.0733. The maximum absolute atomic E-state index is 14.0. The molecule has 0 aromatic heterocycles. The molecule has 164 valence electrons. The summed E-state index contributed by atoms with van der Waals surface area (Å²) in [6.07, 6.45) is 7.04. The van der Waals surface area contributed by atoms with E-state index in [1.165, 1.54) is 12.1 Å². The third-order valence-electron chi connectivity index (χ3n) is 6.38. The maximum atomic E-state index is 14.0. The molecular formula is C23H32F2N4O. The van der Waals surface area contributed by atoms with Crippen LogP contribution in [0.3, 0.4) is 0 Å². The summed E-state index contributed by atoms with van der Waals surface area (Å²) in [5, 5.41) is 11.7. The summed E-state index contributed by atoms with van der Waals surface area (Å²) >= 11 is 0. The molecule has 0 radical (unpaired) electrons. The van der Waals surface area contributed by atoms with E-state index in [1.54, 1.807) is 0 Å². The van der Waals surface area contributed by atoms with Crippen molar-refractivity contribution < 1.29 is 13.6 Å². The van der Waals surface area contributed by atoms with Crippen molar-refractivity contribution in [3.63, 3.8) is 0 Å². The summed E-state index contributed by atoms with van der Waals surface area (Å²) in [4.78, 5) is 16.3. The average Bonchev–Trinajstić information content (AvgIpc) is 2.74. The second-order valence-corrected chi connectivity index (χ2v) is 8.51. The molecule has 1 amide bonds. The number of hydrogen-bond donors (Lipinski definition) is 1. The van der Waals surface area contributed by atoms with E-state index in [2.05, 4.69) is 16.3 Å². The number of unbranched alkanes of at least 4 members (excludes halogenated alkanes) is 1. The summed E-state index contributed by atoms with van der Waals surface area (Å²) in [5.41, 5.74) is 0.490. The molecule has 7 heteroatoms. The molecule has 2 fully saturated rings. The second kappa shape index (κ2) is 11.3. The molecule has 1 aromatic carbocycles. The number of anilines is 1. The third kappa shape index (κ3) is 6.66. The van der Waals surface area contributed by atoms with Crippen LogP contribution >= 0.6 is 0 Å². The smallest absolute Gasteiger partial charge is 0.220 e. The van der Waals surface area contributed by atoms with Crippen LogP contribution in [0.4, 0.5) is 14.5 Å². The molecule has 2 aliphatic rings. The van der Waals surface area contributed by atoms with Gasteiger partial charge < -0.3 is 10.2 Å². The van der Waals surface area contributed by atoms with E-state index in [0.717, 1.165) is 70.9 Å². The molecule has 30 heavy (non-hydrogen) atoms. The van der Waals surface area contributed by atoms with Gasteiger partial charge in [0.05, 0.1) is 11.8 Å². The number of nitrogens with one attached hydrogen (secondary N) is 1. The summed E-state index contributed by atoms with van der Waals surface area (Å²) < 4.78 is 27.1. The van der Waals surface area contributed by atoms with Crippen LogP contribution in [0.15, 0.2) is 18.2 Å². The fourth-order valence-corrected chi connectivity index (χ4v) is 4.54. The number of carbonyl (C=O) groups is 1. The standard InChI is InChI=1S/C23H32F2N4O/c24-19-6-9-22(21(25)17-19)29-15-13-28(14-16-29)12-10-18-4-7-20(8-5-18)27-23(30)3-1-2-11-26/h6,9,17-18,20H,1-5,7-8,10,12-16H2,(H,27,30)/t18-,20-. The molecule has 0 spiro atoms. The van der Waals surface area contributed by atoms with Crippen molar-refractivity contribution in [2.24, 2.45) is 5.92 Å². The van der Waals surface area contributed by atoms with Crippen LogP contribution in [0, 0.1) is 28.9 Å². The van der Waals surface area contributed by atoms with Crippen molar-refractivity contribution in [3.8, 4) is 6.07 Å². The van der Waals surface area contributed by atoms with Crippen molar-refractivity contribution >= 4 is 11.6 Å². The summed E-state index contributed by atoms with van der Waals surface area (Å²) in [6.45, 7) is 4.35. The number of piperazine rings is 1. The Hall–Kier alpha value is -2.20. The van der Waals surface area contributed by atoms with Crippen LogP contribution in [0.5, 0.6) is 0 Å². The van der Waals surface area contributed by atoms with Gasteiger partial charge in [0, 0.05) is 51.1 Å². The maximum Gasteiger partial charge on any atom is 0.220 e. The van der Waals surface area contributed by atoms with Gasteiger partial charge in [0.1, 0.15) is 11.6 Å². The minimum Gasteiger partial charge on any atom is -0.367 e. The zero-order valence-electron chi connectivity index (χ0n) is 17.6. The molecule has 1 N–H and O–H groups in total. The molecule has 1 heterocycles. The molecule has 0 unspecified atom stereocenters. The van der Waals surface area contributed by atoms with Gasteiger partial charge >= 0.3 is 0 Å². The van der Waals surface area contributed by atoms with Crippen LogP contribution in [-0.4, -0.2) is 49.6 Å². The highest BCUT2D eigenvalue weighted by Gasteiger charge is 2.24. The summed E-state index contributed by atoms with van der Waals surface area (Å²) in [5.74, 6) is -0.256. The highest BCUT2D eigenvalue weighted by molar-refractivity contribution is 5.76. The monoisotopic (exact) mass is 418 g/mol. The SMILES string of the molecule is N#CCCCC(=O)N[C@H]1CC[C@H](CCN2CCN(c3ccc(F)cc3F)CC2)CC1. The first-order valence-corrected chi connectivity index (χ1v) is 11.1. The van der Waals surface area contributed by atoms with Gasteiger partial charge in [0.2, 0.25) is 5.91 Å². The molecule has 5 nitrogen and oxygen atoms in total. The Labute approximate surface area is 178 Å². The lowest BCUT2D eigenvalue weighted by molar-refractivity contribution is -0.122. The minimum atomic E-state index is -0.539. The molecule has 1 aromatic rings. The predicted octanol–water partition coefficient (Wildman–Crippen LogP) is 3.85. The molecule has 1 saturated heterocycles. The van der Waals surface area contributed by atoms with E-state index in [4.69, 9.17) is 5.26 Å². The largest absolute Gasteiger partial charge is 0.367 e. The van der Waals surface area contributed by atoms with Crippen LogP contribution in [0.2, 0.25) is 0 Å². The molecule has 0 atom stereocenters. The molecule has 1 aliphatic heterocycles. The highest BCUT2D eigenvalue weighted by atomic mass is 19.1. The lowest BCUT2D eigenvalue weighted by Crippen LogP contribution is -2.47. The molecule has 0 bridgehead atoms. The molecular weight excluding hydrogens is 386 g/mol. The van der Waals surface area contributed by atoms with Gasteiger partial charge in [0.15, 0.2) is 0 Å². The fraction of sp³-hybridized carbons (Fsp3) is 0.652. The van der Waals surface area contributed by atoms with Crippen molar-refractivity contribution in [3.05, 3.63) is 29.8 Å². The van der Waals surface area contributed by atoms with E-state index in [-0.39, 0.29) is 11.9 Å². The number of hydrogen-bond acceptors (Lipinski definition) is 4. The van der Waals surface area contributed by atoms with Gasteiger partial charge in [-0.15, -0.1) is 0 Å². The van der Waals surface area contributed by atoms with Gasteiger partial charge in [-0.2, -0.15) is 5.26 Å². The van der Waals surface area contributed by atoms with Crippen molar-refractivity contribution in [1.82, 2.24) is 10.2 Å². The van der Waals surface area contributed by atoms with Crippen molar-refractivity contribution in [2.75, 3.05) is 37.6 Å². The van der Waals surface area contributed by atoms with E-state index in [9.17, 15) is 13.6 Å². The normalized spacial score (nSPS) is 22.5. The van der Waals surface area contributed by atoms with Gasteiger partial charge in [-0.3, -0.25) is 9.69 Å². The number of benzene rings is 1. The first-order chi connectivity index (χ1) is 14.5. The van der Waals surface area contributed by atoms with Gasteiger partial charge in [0.25, 0.3) is 0 Å². The molecule has 3 rings (SSSR count). The van der Waals surface area contributed by atoms with Crippen molar-refractivity contribution in [1.29, 1.82) is 5.26 Å². The zero-order chi connectivity index (χ0) is 21.3. The van der Waals surface area contributed by atoms with Gasteiger partial charge in [-0.1, -0.05) is 0 Å². The lowest BCUT2D eigenvalue weighted by atomic mass is 9.84. The fourth-order valence-electron chi connectivity index (χ4n) is 4.54. The number of nitrogens with zero attached hydrogens (tertiary/aromatic N) is 3. The number of nitriles is 1. The number of amides is 1. The predicted molar refractivity (Wildman–Crippen MR) is 113 cm³/mol. The second-order valence-electron chi connectivity index (χ2n) is 8.51. The Balaban J connectivity index is 1.31. The van der Waals surface area contributed by atoms with Crippen LogP contribution < -0.4 is 10.2 Å².